The summed E-state index contributed by atoms with van der Waals surface area (Å²) in [6.45, 7) is 2.92. The lowest BCUT2D eigenvalue weighted by Crippen LogP contribution is -2.50. The summed E-state index contributed by atoms with van der Waals surface area (Å²) >= 11 is 6.12. The van der Waals surface area contributed by atoms with Crippen LogP contribution in [-0.4, -0.2) is 54.7 Å². The van der Waals surface area contributed by atoms with Gasteiger partial charge in [0.25, 0.3) is 11.5 Å². The second kappa shape index (κ2) is 8.56. The van der Waals surface area contributed by atoms with Crippen molar-refractivity contribution in [1.29, 1.82) is 0 Å². The Balaban J connectivity index is 1.30. The zero-order valence-corrected chi connectivity index (χ0v) is 19.6. The molecular weight excluding hydrogens is 458 g/mol. The van der Waals surface area contributed by atoms with Crippen LogP contribution in [-0.2, 0) is 11.3 Å². The summed E-state index contributed by atoms with van der Waals surface area (Å²) in [5.74, 6) is -0.00890. The minimum atomic E-state index is -1.08. The van der Waals surface area contributed by atoms with Gasteiger partial charge in [-0.3, -0.25) is 19.0 Å². The molecule has 2 N–H and O–H groups in total. The lowest BCUT2D eigenvalue weighted by atomic mass is 9.91. The second-order valence-corrected chi connectivity index (χ2v) is 9.77. The molecule has 2 amide bonds. The molecule has 1 aliphatic carbocycles. The van der Waals surface area contributed by atoms with Gasteiger partial charge in [-0.05, 0) is 56.4 Å². The fourth-order valence-electron chi connectivity index (χ4n) is 4.35. The normalized spacial score (nSPS) is 17.7. The first-order chi connectivity index (χ1) is 16.2. The smallest absolute Gasteiger partial charge is 0.277 e. The van der Waals surface area contributed by atoms with E-state index in [0.29, 0.717) is 42.2 Å². The number of benzene rings is 1. The van der Waals surface area contributed by atoms with E-state index >= 15 is 0 Å². The number of fused-ring (bicyclic) bond motifs is 1. The zero-order chi connectivity index (χ0) is 24.0. The minimum absolute atomic E-state index is 0.0928. The third kappa shape index (κ3) is 4.45. The van der Waals surface area contributed by atoms with Crippen LogP contribution >= 0.6 is 11.6 Å². The number of carbonyl (C=O) groups excluding carboxylic acids is 2. The average Bonchev–Trinajstić information content (AvgIpc) is 3.58. The van der Waals surface area contributed by atoms with Crippen molar-refractivity contribution < 1.29 is 14.7 Å². The topological polar surface area (TPSA) is 109 Å². The van der Waals surface area contributed by atoms with Crippen molar-refractivity contribution in [3.8, 4) is 0 Å². The highest BCUT2D eigenvalue weighted by Crippen LogP contribution is 2.33. The highest BCUT2D eigenvalue weighted by Gasteiger charge is 2.39. The summed E-state index contributed by atoms with van der Waals surface area (Å²) in [6.07, 6.45) is 5.68. The maximum atomic E-state index is 13.1. The Bertz CT molecular complexity index is 1330. The summed E-state index contributed by atoms with van der Waals surface area (Å²) < 4.78 is 2.79. The van der Waals surface area contributed by atoms with Crippen LogP contribution in [0, 0.1) is 12.8 Å². The molecule has 0 atom stereocenters. The Morgan fingerprint density at radius 1 is 1.24 bits per heavy atom. The molecule has 0 unspecified atom stereocenters. The molecule has 10 heteroatoms. The predicted octanol–water partition coefficient (Wildman–Crippen LogP) is 2.47. The van der Waals surface area contributed by atoms with Crippen molar-refractivity contribution in [1.82, 2.24) is 19.1 Å². The number of halogens is 1. The maximum Gasteiger partial charge on any atom is 0.277 e. The summed E-state index contributed by atoms with van der Waals surface area (Å²) in [4.78, 5) is 39.7. The Morgan fingerprint density at radius 2 is 1.97 bits per heavy atom. The predicted molar refractivity (Wildman–Crippen MR) is 127 cm³/mol. The lowest BCUT2D eigenvalue weighted by molar-refractivity contribution is -0.137. The maximum absolute atomic E-state index is 13.1. The van der Waals surface area contributed by atoms with Crippen LogP contribution in [0.25, 0.3) is 5.52 Å². The largest absolute Gasteiger partial charge is 0.388 e. The molecule has 3 aromatic rings. The molecule has 2 aliphatic rings. The lowest BCUT2D eigenvalue weighted by Gasteiger charge is -2.38. The molecule has 5 rings (SSSR count). The van der Waals surface area contributed by atoms with Crippen LogP contribution < -0.4 is 10.9 Å². The van der Waals surface area contributed by atoms with E-state index in [2.05, 4.69) is 10.4 Å². The average molecular weight is 484 g/mol. The molecule has 1 aliphatic heterocycles. The SMILES string of the molecule is Cc1ccc(C(=O)Nc2cc3c(=O)n(CC4(O)CCN(C(=O)C5CC5)CC4)cnn3c2)cc1Cl. The molecular formula is C24H26ClN5O4. The Morgan fingerprint density at radius 3 is 2.65 bits per heavy atom. The van der Waals surface area contributed by atoms with Gasteiger partial charge >= 0.3 is 0 Å². The number of nitrogens with zero attached hydrogens (tertiary/aromatic N) is 4. The van der Waals surface area contributed by atoms with Crippen molar-refractivity contribution >= 4 is 34.6 Å². The van der Waals surface area contributed by atoms with Crippen LogP contribution in [0.15, 0.2) is 41.6 Å². The van der Waals surface area contributed by atoms with E-state index < -0.39 is 5.60 Å². The van der Waals surface area contributed by atoms with Crippen LogP contribution in [0.5, 0.6) is 0 Å². The number of hydrogen-bond acceptors (Lipinski definition) is 5. The van der Waals surface area contributed by atoms with Crippen molar-refractivity contribution in [2.45, 2.75) is 44.8 Å². The van der Waals surface area contributed by atoms with Crippen molar-refractivity contribution in [2.24, 2.45) is 5.92 Å². The molecule has 0 spiro atoms. The first-order valence-electron chi connectivity index (χ1n) is 11.4. The molecule has 2 fully saturated rings. The molecule has 1 aromatic carbocycles. The Kier molecular flexibility index (Phi) is 5.69. The van der Waals surface area contributed by atoms with Gasteiger partial charge in [-0.1, -0.05) is 17.7 Å². The highest BCUT2D eigenvalue weighted by molar-refractivity contribution is 6.31. The number of aromatic nitrogens is 3. The summed E-state index contributed by atoms with van der Waals surface area (Å²) in [6, 6.07) is 6.60. The van der Waals surface area contributed by atoms with Gasteiger partial charge in [0.1, 0.15) is 11.8 Å². The molecule has 1 saturated heterocycles. The molecule has 0 radical (unpaired) electrons. The van der Waals surface area contributed by atoms with E-state index in [9.17, 15) is 19.5 Å². The van der Waals surface area contributed by atoms with Gasteiger partial charge in [-0.25, -0.2) is 4.52 Å². The number of anilines is 1. The van der Waals surface area contributed by atoms with E-state index in [-0.39, 0.29) is 35.4 Å². The zero-order valence-electron chi connectivity index (χ0n) is 18.8. The van der Waals surface area contributed by atoms with Gasteiger partial charge in [-0.15, -0.1) is 0 Å². The van der Waals surface area contributed by atoms with E-state index in [4.69, 9.17) is 11.6 Å². The fourth-order valence-corrected chi connectivity index (χ4v) is 4.53. The number of nitrogens with one attached hydrogen (secondary N) is 1. The molecule has 2 aromatic heterocycles. The van der Waals surface area contributed by atoms with E-state index in [0.717, 1.165) is 18.4 Å². The second-order valence-electron chi connectivity index (χ2n) is 9.36. The Hall–Kier alpha value is -3.17. The summed E-state index contributed by atoms with van der Waals surface area (Å²) in [5.41, 5.74) is 0.584. The molecule has 3 heterocycles. The van der Waals surface area contributed by atoms with E-state index in [1.807, 2.05) is 11.8 Å². The van der Waals surface area contributed by atoms with Crippen molar-refractivity contribution in [3.05, 3.63) is 63.3 Å². The number of aryl methyl sites for hydroxylation is 1. The monoisotopic (exact) mass is 483 g/mol. The van der Waals surface area contributed by atoms with E-state index in [1.54, 1.807) is 30.5 Å². The van der Waals surface area contributed by atoms with Crippen LogP contribution in [0.1, 0.15) is 41.6 Å². The number of aliphatic hydroxyl groups is 1. The van der Waals surface area contributed by atoms with Gasteiger partial charge in [0.05, 0.1) is 24.0 Å². The van der Waals surface area contributed by atoms with E-state index in [1.165, 1.54) is 15.4 Å². The van der Waals surface area contributed by atoms with Crippen molar-refractivity contribution in [2.75, 3.05) is 18.4 Å². The van der Waals surface area contributed by atoms with Gasteiger partial charge < -0.3 is 15.3 Å². The van der Waals surface area contributed by atoms with Gasteiger partial charge in [-0.2, -0.15) is 5.10 Å². The third-order valence-corrected chi connectivity index (χ3v) is 7.09. The molecule has 34 heavy (non-hydrogen) atoms. The minimum Gasteiger partial charge on any atom is -0.388 e. The number of hydrogen-bond donors (Lipinski definition) is 2. The van der Waals surface area contributed by atoms with Gasteiger partial charge in [0, 0.05) is 29.6 Å². The van der Waals surface area contributed by atoms with Crippen LogP contribution in [0.4, 0.5) is 5.69 Å². The standard InChI is InChI=1S/C24H26ClN5O4/c1-15-2-3-17(10-19(15)25)21(31)27-18-11-20-23(33)29(14-26-30(20)12-18)13-24(34)6-8-28(9-7-24)22(32)16-4-5-16/h2-3,10-12,14,16,34H,4-9,13H2,1H3,(H,27,31). The summed E-state index contributed by atoms with van der Waals surface area (Å²) in [7, 11) is 0. The Labute approximate surface area is 200 Å². The molecule has 9 nitrogen and oxygen atoms in total. The molecule has 1 saturated carbocycles. The quantitative estimate of drug-likeness (QED) is 0.579. The number of piperidine rings is 1. The van der Waals surface area contributed by atoms with Crippen LogP contribution in [0.2, 0.25) is 5.02 Å². The highest BCUT2D eigenvalue weighted by atomic mass is 35.5. The fraction of sp³-hybridized carbons (Fsp3) is 0.417. The number of carbonyl (C=O) groups is 2. The number of amides is 2. The van der Waals surface area contributed by atoms with Gasteiger partial charge in [0.2, 0.25) is 5.91 Å². The third-order valence-electron chi connectivity index (χ3n) is 6.68. The molecule has 0 bridgehead atoms. The molecule has 178 valence electrons. The van der Waals surface area contributed by atoms with Gasteiger partial charge in [0.15, 0.2) is 0 Å². The summed E-state index contributed by atoms with van der Waals surface area (Å²) in [5, 5.41) is 18.6. The first-order valence-corrected chi connectivity index (χ1v) is 11.8. The first kappa shape index (κ1) is 22.6. The van der Waals surface area contributed by atoms with Crippen molar-refractivity contribution in [3.63, 3.8) is 0 Å². The number of rotatable bonds is 5. The van der Waals surface area contributed by atoms with Crippen LogP contribution in [0.3, 0.4) is 0 Å². The number of likely N-dealkylation sites (tertiary alicyclic amines) is 1.